The van der Waals surface area contributed by atoms with Crippen LogP contribution in [-0.2, 0) is 0 Å². The van der Waals surface area contributed by atoms with Crippen molar-refractivity contribution in [1.29, 1.82) is 5.41 Å². The molecule has 0 heterocycles. The molecule has 1 aliphatic rings. The summed E-state index contributed by atoms with van der Waals surface area (Å²) in [7, 11) is 0. The molecule has 17 heavy (non-hydrogen) atoms. The number of amidine groups is 1. The van der Waals surface area contributed by atoms with Gasteiger partial charge in [0.05, 0.1) is 12.4 Å². The van der Waals surface area contributed by atoms with Crippen LogP contribution in [0.3, 0.4) is 0 Å². The van der Waals surface area contributed by atoms with E-state index >= 15 is 0 Å². The molecule has 0 aromatic rings. The summed E-state index contributed by atoms with van der Waals surface area (Å²) >= 11 is 0. The van der Waals surface area contributed by atoms with Crippen LogP contribution in [0.15, 0.2) is 0 Å². The monoisotopic (exact) mass is 251 g/mol. The van der Waals surface area contributed by atoms with Crippen LogP contribution in [0.1, 0.15) is 33.1 Å². The van der Waals surface area contributed by atoms with Crippen LogP contribution in [-0.4, -0.2) is 36.0 Å². The molecule has 3 N–H and O–H groups in total. The maximum atomic E-state index is 12.4. The van der Waals surface area contributed by atoms with Crippen LogP contribution in [0, 0.1) is 10.8 Å². The Labute approximate surface area is 99.7 Å². The predicted octanol–water partition coefficient (Wildman–Crippen LogP) is 2.37. The molecule has 0 amide bonds. The van der Waals surface area contributed by atoms with Gasteiger partial charge in [-0.15, -0.1) is 0 Å². The molecule has 0 unspecified atom stereocenters. The lowest BCUT2D eigenvalue weighted by Crippen LogP contribution is -2.43. The maximum absolute atomic E-state index is 12.4. The van der Waals surface area contributed by atoms with Gasteiger partial charge in [0, 0.05) is 19.0 Å². The van der Waals surface area contributed by atoms with Crippen molar-refractivity contribution in [2.24, 2.45) is 11.1 Å². The highest BCUT2D eigenvalue weighted by Gasteiger charge is 2.46. The lowest BCUT2D eigenvalue weighted by atomic mass is 10.0. The SMILES string of the molecule is CC(C)N(CC(F)(F)F)CC1(CC(=N)N)CC1. The van der Waals surface area contributed by atoms with Gasteiger partial charge in [0.1, 0.15) is 0 Å². The van der Waals surface area contributed by atoms with E-state index in [1.165, 1.54) is 4.90 Å². The van der Waals surface area contributed by atoms with Crippen molar-refractivity contribution in [2.45, 2.75) is 45.3 Å². The van der Waals surface area contributed by atoms with E-state index in [0.717, 1.165) is 12.8 Å². The summed E-state index contributed by atoms with van der Waals surface area (Å²) in [5.74, 6) is 0.0678. The Bertz CT molecular complexity index is 282. The average molecular weight is 251 g/mol. The Morgan fingerprint density at radius 2 is 1.94 bits per heavy atom. The van der Waals surface area contributed by atoms with Gasteiger partial charge in [-0.2, -0.15) is 13.2 Å². The number of nitrogens with two attached hydrogens (primary N) is 1. The van der Waals surface area contributed by atoms with Crippen LogP contribution >= 0.6 is 0 Å². The fourth-order valence-corrected chi connectivity index (χ4v) is 2.05. The Kier molecular flexibility index (Phi) is 4.06. The third kappa shape index (κ3) is 4.93. The summed E-state index contributed by atoms with van der Waals surface area (Å²) in [6.45, 7) is 3.01. The second-order valence-electron chi connectivity index (χ2n) is 5.32. The van der Waals surface area contributed by atoms with Crippen molar-refractivity contribution in [1.82, 2.24) is 4.90 Å². The number of halogens is 3. The van der Waals surface area contributed by atoms with E-state index in [9.17, 15) is 13.2 Å². The number of nitrogens with zero attached hydrogens (tertiary/aromatic N) is 1. The molecule has 1 rings (SSSR count). The topological polar surface area (TPSA) is 53.1 Å². The van der Waals surface area contributed by atoms with Gasteiger partial charge in [0.15, 0.2) is 0 Å². The minimum Gasteiger partial charge on any atom is -0.388 e. The standard InChI is InChI=1S/C11H20F3N3/c1-8(2)17(7-11(12,13)14)6-10(3-4-10)5-9(15)16/h8H,3-7H2,1-2H3,(H3,15,16). The van der Waals surface area contributed by atoms with Crippen molar-refractivity contribution in [3.05, 3.63) is 0 Å². The minimum absolute atomic E-state index is 0.0678. The molecule has 3 nitrogen and oxygen atoms in total. The van der Waals surface area contributed by atoms with Gasteiger partial charge >= 0.3 is 6.18 Å². The highest BCUT2D eigenvalue weighted by molar-refractivity contribution is 5.78. The molecule has 1 saturated carbocycles. The highest BCUT2D eigenvalue weighted by atomic mass is 19.4. The molecule has 0 atom stereocenters. The summed E-state index contributed by atoms with van der Waals surface area (Å²) in [6.07, 6.45) is -2.02. The molecule has 6 heteroatoms. The molecule has 1 aliphatic carbocycles. The summed E-state index contributed by atoms with van der Waals surface area (Å²) < 4.78 is 37.2. The lowest BCUT2D eigenvalue weighted by Gasteiger charge is -2.31. The first-order valence-electron chi connectivity index (χ1n) is 5.77. The lowest BCUT2D eigenvalue weighted by molar-refractivity contribution is -0.151. The fourth-order valence-electron chi connectivity index (χ4n) is 2.05. The molecule has 0 saturated heterocycles. The Balaban J connectivity index is 2.58. The fraction of sp³-hybridized carbons (Fsp3) is 0.909. The molecule has 0 spiro atoms. The van der Waals surface area contributed by atoms with Crippen molar-refractivity contribution < 1.29 is 13.2 Å². The van der Waals surface area contributed by atoms with E-state index < -0.39 is 12.7 Å². The van der Waals surface area contributed by atoms with Gasteiger partial charge in [-0.05, 0) is 32.1 Å². The molecular weight excluding hydrogens is 231 g/mol. The normalized spacial score (nSPS) is 18.8. The van der Waals surface area contributed by atoms with Crippen LogP contribution in [0.4, 0.5) is 13.2 Å². The van der Waals surface area contributed by atoms with E-state index in [4.69, 9.17) is 11.1 Å². The van der Waals surface area contributed by atoms with Crippen LogP contribution < -0.4 is 5.73 Å². The average Bonchev–Trinajstić information content (AvgIpc) is 2.79. The van der Waals surface area contributed by atoms with Crippen molar-refractivity contribution in [2.75, 3.05) is 13.1 Å². The van der Waals surface area contributed by atoms with Crippen molar-refractivity contribution in [3.63, 3.8) is 0 Å². The smallest absolute Gasteiger partial charge is 0.388 e. The molecule has 1 fully saturated rings. The highest BCUT2D eigenvalue weighted by Crippen LogP contribution is 2.49. The van der Waals surface area contributed by atoms with E-state index in [2.05, 4.69) is 0 Å². The summed E-state index contributed by atoms with van der Waals surface area (Å²) in [4.78, 5) is 1.43. The Hall–Kier alpha value is -0.780. The second kappa shape index (κ2) is 4.84. The first-order chi connectivity index (χ1) is 7.64. The van der Waals surface area contributed by atoms with Gasteiger partial charge in [-0.25, -0.2) is 0 Å². The molecule has 0 radical (unpaired) electrons. The first kappa shape index (κ1) is 14.3. The number of rotatable bonds is 6. The third-order valence-electron chi connectivity index (χ3n) is 3.17. The van der Waals surface area contributed by atoms with E-state index in [1.807, 2.05) is 0 Å². The summed E-state index contributed by atoms with van der Waals surface area (Å²) in [5.41, 5.74) is 5.16. The van der Waals surface area contributed by atoms with Gasteiger partial charge in [-0.3, -0.25) is 10.3 Å². The zero-order valence-corrected chi connectivity index (χ0v) is 10.3. The van der Waals surface area contributed by atoms with Crippen molar-refractivity contribution in [3.8, 4) is 0 Å². The van der Waals surface area contributed by atoms with Crippen LogP contribution in [0.2, 0.25) is 0 Å². The van der Waals surface area contributed by atoms with Gasteiger partial charge in [-0.1, -0.05) is 0 Å². The van der Waals surface area contributed by atoms with Gasteiger partial charge in [0.25, 0.3) is 0 Å². The Morgan fingerprint density at radius 1 is 1.41 bits per heavy atom. The van der Waals surface area contributed by atoms with Crippen LogP contribution in [0.5, 0.6) is 0 Å². The quantitative estimate of drug-likeness (QED) is 0.562. The summed E-state index contributed by atoms with van der Waals surface area (Å²) in [5, 5.41) is 7.26. The van der Waals surface area contributed by atoms with Gasteiger partial charge < -0.3 is 5.73 Å². The number of nitrogens with one attached hydrogen (secondary N) is 1. The number of alkyl halides is 3. The second-order valence-corrected chi connectivity index (χ2v) is 5.32. The van der Waals surface area contributed by atoms with E-state index in [0.29, 0.717) is 13.0 Å². The molecule has 0 aromatic carbocycles. The van der Waals surface area contributed by atoms with Gasteiger partial charge in [0.2, 0.25) is 0 Å². The minimum atomic E-state index is -4.17. The molecule has 0 aliphatic heterocycles. The summed E-state index contributed by atoms with van der Waals surface area (Å²) in [6, 6.07) is -0.152. The van der Waals surface area contributed by atoms with E-state index in [1.54, 1.807) is 13.8 Å². The maximum Gasteiger partial charge on any atom is 0.401 e. The first-order valence-corrected chi connectivity index (χ1v) is 5.77. The zero-order valence-electron chi connectivity index (χ0n) is 10.3. The zero-order chi connectivity index (χ0) is 13.3. The third-order valence-corrected chi connectivity index (χ3v) is 3.17. The van der Waals surface area contributed by atoms with Crippen LogP contribution in [0.25, 0.3) is 0 Å². The van der Waals surface area contributed by atoms with E-state index in [-0.39, 0.29) is 17.3 Å². The largest absolute Gasteiger partial charge is 0.401 e. The number of hydrogen-bond donors (Lipinski definition) is 2. The number of hydrogen-bond acceptors (Lipinski definition) is 2. The predicted molar refractivity (Wildman–Crippen MR) is 61.0 cm³/mol. The Morgan fingerprint density at radius 3 is 2.24 bits per heavy atom. The molecule has 0 bridgehead atoms. The van der Waals surface area contributed by atoms with Crippen molar-refractivity contribution >= 4 is 5.84 Å². The molecule has 100 valence electrons. The molecular formula is C11H20F3N3. The molecule has 0 aromatic heterocycles.